The number of nitrogens with two attached hydrogens (primary N) is 1. The van der Waals surface area contributed by atoms with Gasteiger partial charge in [0.25, 0.3) is 0 Å². The fraction of sp³-hybridized carbons (Fsp3) is 0.462. The molecular formula is C13H19N7O2. The van der Waals surface area contributed by atoms with Gasteiger partial charge in [0, 0.05) is 6.07 Å². The molecule has 3 N–H and O–H groups in total. The Kier molecular flexibility index (Phi) is 5.23. The van der Waals surface area contributed by atoms with Crippen molar-refractivity contribution >= 4 is 11.9 Å². The summed E-state index contributed by atoms with van der Waals surface area (Å²) in [7, 11) is 0. The van der Waals surface area contributed by atoms with Crippen molar-refractivity contribution in [3.63, 3.8) is 0 Å². The third-order valence-electron chi connectivity index (χ3n) is 2.92. The lowest BCUT2D eigenvalue weighted by Crippen LogP contribution is -2.29. The van der Waals surface area contributed by atoms with Crippen LogP contribution in [0.25, 0.3) is 5.82 Å². The van der Waals surface area contributed by atoms with Crippen molar-refractivity contribution < 1.29 is 9.53 Å². The Morgan fingerprint density at radius 2 is 2.23 bits per heavy atom. The molecule has 0 fully saturated rings. The molecule has 2 heterocycles. The van der Waals surface area contributed by atoms with E-state index >= 15 is 0 Å². The molecule has 1 amide bonds. The highest BCUT2D eigenvalue weighted by Gasteiger charge is 2.18. The topological polar surface area (TPSA) is 121 Å². The van der Waals surface area contributed by atoms with Crippen molar-refractivity contribution in [2.45, 2.75) is 32.7 Å². The monoisotopic (exact) mass is 305 g/mol. The number of nitrogen functional groups attached to an aromatic ring is 1. The van der Waals surface area contributed by atoms with Crippen LogP contribution in [0.15, 0.2) is 18.7 Å². The van der Waals surface area contributed by atoms with Crippen molar-refractivity contribution in [1.29, 1.82) is 0 Å². The quantitative estimate of drug-likeness (QED) is 0.770. The molecule has 9 nitrogen and oxygen atoms in total. The third kappa shape index (κ3) is 3.90. The number of nitrogens with zero attached hydrogens (tertiary/aromatic N) is 5. The second-order valence-electron chi connectivity index (χ2n) is 4.69. The van der Waals surface area contributed by atoms with Gasteiger partial charge in [-0.1, -0.05) is 13.3 Å². The first kappa shape index (κ1) is 15.7. The smallest absolute Gasteiger partial charge is 0.407 e. The van der Waals surface area contributed by atoms with E-state index in [2.05, 4.69) is 25.4 Å². The highest BCUT2D eigenvalue weighted by molar-refractivity contribution is 5.67. The highest BCUT2D eigenvalue weighted by atomic mass is 16.5. The number of ether oxygens (including phenoxy) is 1. The van der Waals surface area contributed by atoms with Crippen LogP contribution in [-0.2, 0) is 4.74 Å². The number of anilines is 1. The van der Waals surface area contributed by atoms with E-state index < -0.39 is 12.1 Å². The Balaban J connectivity index is 2.07. The van der Waals surface area contributed by atoms with Crippen molar-refractivity contribution in [2.24, 2.45) is 0 Å². The maximum atomic E-state index is 11.7. The van der Waals surface area contributed by atoms with Gasteiger partial charge in [-0.2, -0.15) is 9.78 Å². The van der Waals surface area contributed by atoms with Gasteiger partial charge in [0.2, 0.25) is 0 Å². The maximum absolute atomic E-state index is 11.7. The Labute approximate surface area is 127 Å². The van der Waals surface area contributed by atoms with Crippen LogP contribution in [0.4, 0.5) is 10.6 Å². The van der Waals surface area contributed by atoms with E-state index in [1.165, 1.54) is 17.3 Å². The molecule has 0 bridgehead atoms. The van der Waals surface area contributed by atoms with Gasteiger partial charge in [0.1, 0.15) is 18.5 Å². The molecule has 118 valence electrons. The molecule has 0 aromatic carbocycles. The van der Waals surface area contributed by atoms with E-state index in [9.17, 15) is 4.79 Å². The Morgan fingerprint density at radius 1 is 1.41 bits per heavy atom. The number of aromatic nitrogens is 5. The van der Waals surface area contributed by atoms with Crippen LogP contribution in [-0.4, -0.2) is 37.4 Å². The number of carbonyl (C=O) groups excluding carboxylic acids is 1. The van der Waals surface area contributed by atoms with Gasteiger partial charge in [-0.25, -0.2) is 19.7 Å². The first-order chi connectivity index (χ1) is 10.6. The summed E-state index contributed by atoms with van der Waals surface area (Å²) in [5, 5.41) is 6.81. The summed E-state index contributed by atoms with van der Waals surface area (Å²) < 4.78 is 6.56. The second kappa shape index (κ2) is 7.34. The number of amides is 1. The minimum absolute atomic E-state index is 0.325. The minimum Gasteiger partial charge on any atom is -0.450 e. The first-order valence-electron chi connectivity index (χ1n) is 7.03. The lowest BCUT2D eigenvalue weighted by atomic mass is 10.3. The lowest BCUT2D eigenvalue weighted by Gasteiger charge is -2.14. The van der Waals surface area contributed by atoms with E-state index in [1.807, 2.05) is 6.92 Å². The molecule has 22 heavy (non-hydrogen) atoms. The second-order valence-corrected chi connectivity index (χ2v) is 4.69. The summed E-state index contributed by atoms with van der Waals surface area (Å²) in [6.45, 7) is 4.20. The average molecular weight is 305 g/mol. The largest absolute Gasteiger partial charge is 0.450 e. The number of rotatable bonds is 6. The van der Waals surface area contributed by atoms with E-state index in [0.717, 1.165) is 12.8 Å². The highest BCUT2D eigenvalue weighted by Crippen LogP contribution is 2.14. The molecule has 0 aliphatic carbocycles. The fourth-order valence-corrected chi connectivity index (χ4v) is 1.79. The molecule has 0 saturated heterocycles. The van der Waals surface area contributed by atoms with E-state index in [-0.39, 0.29) is 0 Å². The first-order valence-corrected chi connectivity index (χ1v) is 7.03. The molecule has 1 atom stereocenters. The average Bonchev–Trinajstić information content (AvgIpc) is 2.97. The van der Waals surface area contributed by atoms with Gasteiger partial charge in [0.05, 0.1) is 12.6 Å². The zero-order valence-electron chi connectivity index (χ0n) is 12.6. The number of hydrogen-bond donors (Lipinski definition) is 2. The molecule has 2 rings (SSSR count). The van der Waals surface area contributed by atoms with Crippen LogP contribution in [0, 0.1) is 0 Å². The number of hydrogen-bond acceptors (Lipinski definition) is 7. The Hall–Kier alpha value is -2.71. The van der Waals surface area contributed by atoms with Gasteiger partial charge >= 0.3 is 6.09 Å². The van der Waals surface area contributed by atoms with Crippen LogP contribution in [0.5, 0.6) is 0 Å². The number of carbonyl (C=O) groups is 1. The van der Waals surface area contributed by atoms with Crippen molar-refractivity contribution in [3.8, 4) is 5.82 Å². The van der Waals surface area contributed by atoms with Gasteiger partial charge < -0.3 is 15.8 Å². The molecule has 2 aromatic rings. The zero-order valence-corrected chi connectivity index (χ0v) is 12.6. The zero-order chi connectivity index (χ0) is 15.9. The van der Waals surface area contributed by atoms with Crippen molar-refractivity contribution in [3.05, 3.63) is 24.5 Å². The summed E-state index contributed by atoms with van der Waals surface area (Å²) in [4.78, 5) is 23.8. The molecule has 0 aliphatic rings. The summed E-state index contributed by atoms with van der Waals surface area (Å²) in [5.74, 6) is 1.32. The minimum atomic E-state index is -0.488. The van der Waals surface area contributed by atoms with E-state index in [4.69, 9.17) is 10.5 Å². The lowest BCUT2D eigenvalue weighted by molar-refractivity contribution is 0.141. The number of nitrogens with one attached hydrogen (secondary N) is 1. The van der Waals surface area contributed by atoms with Crippen LogP contribution in [0.3, 0.4) is 0 Å². The van der Waals surface area contributed by atoms with Gasteiger partial charge in [0.15, 0.2) is 11.6 Å². The molecule has 0 saturated carbocycles. The predicted octanol–water partition coefficient (Wildman–Crippen LogP) is 1.23. The number of unbranched alkanes of at least 4 members (excludes halogenated alkanes) is 1. The predicted molar refractivity (Wildman–Crippen MR) is 79.2 cm³/mol. The van der Waals surface area contributed by atoms with Gasteiger partial charge in [-0.15, -0.1) is 0 Å². The van der Waals surface area contributed by atoms with Crippen LogP contribution >= 0.6 is 0 Å². The molecular weight excluding hydrogens is 286 g/mol. The van der Waals surface area contributed by atoms with Gasteiger partial charge in [-0.3, -0.25) is 0 Å². The Bertz CT molecular complexity index is 628. The third-order valence-corrected chi connectivity index (χ3v) is 2.92. The molecule has 0 radical (unpaired) electrons. The van der Waals surface area contributed by atoms with Crippen molar-refractivity contribution in [2.75, 3.05) is 12.3 Å². The van der Waals surface area contributed by atoms with Crippen LogP contribution in [0.1, 0.15) is 38.6 Å². The van der Waals surface area contributed by atoms with E-state index in [0.29, 0.717) is 24.1 Å². The summed E-state index contributed by atoms with van der Waals surface area (Å²) >= 11 is 0. The summed E-state index contributed by atoms with van der Waals surface area (Å²) in [5.41, 5.74) is 5.64. The molecule has 0 unspecified atom stereocenters. The number of alkyl carbamates (subject to hydrolysis) is 1. The standard InChI is InChI=1S/C13H19N7O2/c1-3-4-5-22-13(21)19-9(2)12-17-8-18-20(12)11-6-10(14)15-7-16-11/h6-9H,3-5H2,1-2H3,(H,19,21)(H2,14,15,16)/t9-/m0/s1. The molecule has 0 aliphatic heterocycles. The molecule has 9 heteroatoms. The molecule has 0 spiro atoms. The van der Waals surface area contributed by atoms with Crippen LogP contribution < -0.4 is 11.1 Å². The summed E-state index contributed by atoms with van der Waals surface area (Å²) in [6.07, 6.45) is 4.03. The normalized spacial score (nSPS) is 11.9. The summed E-state index contributed by atoms with van der Waals surface area (Å²) in [6, 6.07) is 1.18. The maximum Gasteiger partial charge on any atom is 0.407 e. The van der Waals surface area contributed by atoms with Crippen LogP contribution in [0.2, 0.25) is 0 Å². The fourth-order valence-electron chi connectivity index (χ4n) is 1.79. The van der Waals surface area contributed by atoms with E-state index in [1.54, 1.807) is 13.0 Å². The van der Waals surface area contributed by atoms with Gasteiger partial charge in [-0.05, 0) is 13.3 Å². The molecule has 2 aromatic heterocycles. The Morgan fingerprint density at radius 3 is 2.95 bits per heavy atom. The van der Waals surface area contributed by atoms with Crippen molar-refractivity contribution in [1.82, 2.24) is 30.0 Å². The SMILES string of the molecule is CCCCOC(=O)N[C@@H](C)c1ncnn1-c1cc(N)ncn1.